The number of rotatable bonds is 4. The van der Waals surface area contributed by atoms with Crippen LogP contribution in [-0.2, 0) is 14.3 Å². The van der Waals surface area contributed by atoms with Crippen LogP contribution in [0.2, 0.25) is 0 Å². The minimum atomic E-state index is -0.501. The molecule has 68 valence electrons. The fourth-order valence-corrected chi connectivity index (χ4v) is 1.40. The average Bonchev–Trinajstić information content (AvgIpc) is 1.96. The van der Waals surface area contributed by atoms with Gasteiger partial charge in [0, 0.05) is 0 Å². The molecule has 1 fully saturated rings. The third-order valence-electron chi connectivity index (χ3n) is 2.36. The summed E-state index contributed by atoms with van der Waals surface area (Å²) in [5, 5.41) is 0. The van der Waals surface area contributed by atoms with Crippen molar-refractivity contribution in [3.8, 4) is 0 Å². The minimum Gasteiger partial charge on any atom is -0.465 e. The fourth-order valence-electron chi connectivity index (χ4n) is 1.40. The molecule has 1 aliphatic rings. The summed E-state index contributed by atoms with van der Waals surface area (Å²) in [6, 6.07) is 0. The Bertz CT molecular complexity index is 173. The molecule has 0 spiro atoms. The molecule has 1 saturated carbocycles. The van der Waals surface area contributed by atoms with E-state index in [0.29, 0.717) is 6.61 Å². The van der Waals surface area contributed by atoms with Gasteiger partial charge in [-0.1, -0.05) is 6.42 Å². The Morgan fingerprint density at radius 1 is 1.67 bits per heavy atom. The first-order valence-corrected chi connectivity index (χ1v) is 4.41. The van der Waals surface area contributed by atoms with E-state index in [1.165, 1.54) is 0 Å². The van der Waals surface area contributed by atoms with Crippen LogP contribution in [0.25, 0.3) is 0 Å². The Morgan fingerprint density at radius 2 is 2.33 bits per heavy atom. The van der Waals surface area contributed by atoms with Crippen molar-refractivity contribution in [3.05, 3.63) is 0 Å². The van der Waals surface area contributed by atoms with E-state index < -0.39 is 5.92 Å². The van der Waals surface area contributed by atoms with Crippen LogP contribution in [0, 0.1) is 11.8 Å². The van der Waals surface area contributed by atoms with Crippen LogP contribution in [0.5, 0.6) is 0 Å². The maximum Gasteiger partial charge on any atom is 0.316 e. The molecule has 1 rings (SSSR count). The van der Waals surface area contributed by atoms with E-state index in [-0.39, 0.29) is 11.9 Å². The van der Waals surface area contributed by atoms with Gasteiger partial charge in [0.2, 0.25) is 0 Å². The molecule has 0 aromatic carbocycles. The Hall–Kier alpha value is -0.860. The summed E-state index contributed by atoms with van der Waals surface area (Å²) < 4.78 is 4.78. The third kappa shape index (κ3) is 1.84. The summed E-state index contributed by atoms with van der Waals surface area (Å²) in [6.07, 6.45) is 3.83. The van der Waals surface area contributed by atoms with Gasteiger partial charge < -0.3 is 9.53 Å². The number of carbonyl (C=O) groups is 2. The maximum absolute atomic E-state index is 11.2. The van der Waals surface area contributed by atoms with Crippen molar-refractivity contribution in [1.29, 1.82) is 0 Å². The lowest BCUT2D eigenvalue weighted by molar-refractivity contribution is -0.152. The summed E-state index contributed by atoms with van der Waals surface area (Å²) in [5.41, 5.74) is 0. The van der Waals surface area contributed by atoms with Crippen molar-refractivity contribution in [2.24, 2.45) is 11.8 Å². The van der Waals surface area contributed by atoms with E-state index in [2.05, 4.69) is 0 Å². The molecule has 3 nitrogen and oxygen atoms in total. The third-order valence-corrected chi connectivity index (χ3v) is 2.36. The molecule has 0 heterocycles. The van der Waals surface area contributed by atoms with Gasteiger partial charge in [-0.15, -0.1) is 0 Å². The summed E-state index contributed by atoms with van der Waals surface area (Å²) in [5.74, 6) is -0.600. The number of hydrogen-bond donors (Lipinski definition) is 0. The lowest BCUT2D eigenvalue weighted by Crippen LogP contribution is -2.31. The van der Waals surface area contributed by atoms with Gasteiger partial charge in [0.25, 0.3) is 0 Å². The second kappa shape index (κ2) is 4.24. The van der Waals surface area contributed by atoms with Gasteiger partial charge in [-0.2, -0.15) is 0 Å². The molecule has 0 aromatic heterocycles. The number of ether oxygens (including phenoxy) is 1. The minimum absolute atomic E-state index is 0.251. The Labute approximate surface area is 72.1 Å². The van der Waals surface area contributed by atoms with Crippen LogP contribution >= 0.6 is 0 Å². The lowest BCUT2D eigenvalue weighted by atomic mass is 9.76. The maximum atomic E-state index is 11.2. The van der Waals surface area contributed by atoms with Crippen LogP contribution in [0.3, 0.4) is 0 Å². The predicted molar refractivity (Wildman–Crippen MR) is 43.5 cm³/mol. The molecule has 3 heteroatoms. The first kappa shape index (κ1) is 9.23. The van der Waals surface area contributed by atoms with Crippen LogP contribution in [0.15, 0.2) is 0 Å². The van der Waals surface area contributed by atoms with Crippen molar-refractivity contribution in [2.45, 2.75) is 26.2 Å². The van der Waals surface area contributed by atoms with Gasteiger partial charge in [-0.3, -0.25) is 4.79 Å². The van der Waals surface area contributed by atoms with Gasteiger partial charge in [0.05, 0.1) is 6.61 Å². The summed E-state index contributed by atoms with van der Waals surface area (Å²) >= 11 is 0. The molecule has 12 heavy (non-hydrogen) atoms. The Kier molecular flexibility index (Phi) is 3.26. The van der Waals surface area contributed by atoms with E-state index in [0.717, 1.165) is 25.5 Å². The lowest BCUT2D eigenvalue weighted by Gasteiger charge is -2.28. The zero-order chi connectivity index (χ0) is 8.97. The molecule has 0 aliphatic heterocycles. The summed E-state index contributed by atoms with van der Waals surface area (Å²) in [4.78, 5) is 21.7. The van der Waals surface area contributed by atoms with Crippen LogP contribution in [0.1, 0.15) is 26.2 Å². The highest BCUT2D eigenvalue weighted by Crippen LogP contribution is 2.33. The van der Waals surface area contributed by atoms with E-state index in [1.54, 1.807) is 6.92 Å². The zero-order valence-electron chi connectivity index (χ0n) is 7.29. The molecule has 1 aliphatic carbocycles. The highest BCUT2D eigenvalue weighted by Gasteiger charge is 2.33. The Balaban J connectivity index is 2.42. The SMILES string of the molecule is CCOC(=O)C(C=O)C1CCC1. The van der Waals surface area contributed by atoms with Crippen molar-refractivity contribution in [1.82, 2.24) is 0 Å². The smallest absolute Gasteiger partial charge is 0.316 e. The van der Waals surface area contributed by atoms with Crippen LogP contribution in [-0.4, -0.2) is 18.9 Å². The number of carbonyl (C=O) groups excluding carboxylic acids is 2. The second-order valence-electron chi connectivity index (χ2n) is 3.10. The molecular weight excluding hydrogens is 156 g/mol. The van der Waals surface area contributed by atoms with Gasteiger partial charge in [0.15, 0.2) is 0 Å². The predicted octanol–water partition coefficient (Wildman–Crippen LogP) is 1.16. The number of aldehydes is 1. The Morgan fingerprint density at radius 3 is 2.67 bits per heavy atom. The summed E-state index contributed by atoms with van der Waals surface area (Å²) in [7, 11) is 0. The van der Waals surface area contributed by atoms with Crippen molar-refractivity contribution >= 4 is 12.3 Å². The normalized spacial score (nSPS) is 19.4. The highest BCUT2D eigenvalue weighted by molar-refractivity contribution is 5.88. The average molecular weight is 170 g/mol. The molecular formula is C9H14O3. The standard InChI is InChI=1S/C9H14O3/c1-2-12-9(11)8(6-10)7-4-3-5-7/h6-8H,2-5H2,1H3. The van der Waals surface area contributed by atoms with Gasteiger partial charge in [0.1, 0.15) is 12.2 Å². The first-order valence-electron chi connectivity index (χ1n) is 4.41. The molecule has 0 amide bonds. The largest absolute Gasteiger partial charge is 0.465 e. The number of esters is 1. The molecule has 0 bridgehead atoms. The molecule has 1 atom stereocenters. The topological polar surface area (TPSA) is 43.4 Å². The highest BCUT2D eigenvalue weighted by atomic mass is 16.5. The van der Waals surface area contributed by atoms with E-state index in [1.807, 2.05) is 0 Å². The van der Waals surface area contributed by atoms with Crippen molar-refractivity contribution in [2.75, 3.05) is 6.61 Å². The second-order valence-corrected chi connectivity index (χ2v) is 3.10. The monoisotopic (exact) mass is 170 g/mol. The van der Waals surface area contributed by atoms with Crippen LogP contribution < -0.4 is 0 Å². The number of hydrogen-bond acceptors (Lipinski definition) is 3. The van der Waals surface area contributed by atoms with E-state index in [4.69, 9.17) is 4.74 Å². The fraction of sp³-hybridized carbons (Fsp3) is 0.778. The van der Waals surface area contributed by atoms with E-state index in [9.17, 15) is 9.59 Å². The summed E-state index contributed by atoms with van der Waals surface area (Å²) in [6.45, 7) is 2.11. The van der Waals surface area contributed by atoms with Crippen molar-refractivity contribution < 1.29 is 14.3 Å². The molecule has 0 radical (unpaired) electrons. The quantitative estimate of drug-likeness (QED) is 0.361. The van der Waals surface area contributed by atoms with Gasteiger partial charge in [-0.25, -0.2) is 0 Å². The van der Waals surface area contributed by atoms with Crippen LogP contribution in [0.4, 0.5) is 0 Å². The molecule has 0 saturated heterocycles. The molecule has 0 N–H and O–H groups in total. The van der Waals surface area contributed by atoms with Gasteiger partial charge >= 0.3 is 5.97 Å². The first-order chi connectivity index (χ1) is 5.79. The zero-order valence-corrected chi connectivity index (χ0v) is 7.29. The van der Waals surface area contributed by atoms with Gasteiger partial charge in [-0.05, 0) is 25.7 Å². The van der Waals surface area contributed by atoms with E-state index >= 15 is 0 Å². The molecule has 0 aromatic rings. The van der Waals surface area contributed by atoms with Crippen molar-refractivity contribution in [3.63, 3.8) is 0 Å². The molecule has 1 unspecified atom stereocenters.